The third-order valence-corrected chi connectivity index (χ3v) is 6.67. The molecule has 0 unspecified atom stereocenters. The van der Waals surface area contributed by atoms with E-state index in [9.17, 15) is 14.4 Å². The molecule has 0 aliphatic heterocycles. The zero-order chi connectivity index (χ0) is 23.2. The Morgan fingerprint density at radius 3 is 2.30 bits per heavy atom. The summed E-state index contributed by atoms with van der Waals surface area (Å²) in [4.78, 5) is 38.5. The number of rotatable bonds is 7. The van der Waals surface area contributed by atoms with E-state index in [2.05, 4.69) is 5.32 Å². The van der Waals surface area contributed by atoms with Crippen LogP contribution in [0.4, 0.5) is 5.00 Å². The molecule has 0 saturated heterocycles. The molecule has 1 amide bonds. The highest BCUT2D eigenvalue weighted by atomic mass is 32.1. The maximum absolute atomic E-state index is 12.5. The maximum Gasteiger partial charge on any atom is 0.341 e. The van der Waals surface area contributed by atoms with Crippen molar-refractivity contribution in [1.82, 2.24) is 0 Å². The molecule has 4 rings (SSSR count). The first-order valence-electron chi connectivity index (χ1n) is 11.0. The topological polar surface area (TPSA) is 81.7 Å². The van der Waals surface area contributed by atoms with Crippen molar-refractivity contribution in [3.63, 3.8) is 0 Å². The van der Waals surface area contributed by atoms with Crippen LogP contribution >= 0.6 is 11.3 Å². The Morgan fingerprint density at radius 1 is 0.879 bits per heavy atom. The minimum Gasteiger partial charge on any atom is -0.462 e. The lowest BCUT2D eigenvalue weighted by Gasteiger charge is -2.12. The normalized spacial score (nSPS) is 12.5. The van der Waals surface area contributed by atoms with E-state index < -0.39 is 24.5 Å². The molecule has 0 fully saturated rings. The highest BCUT2D eigenvalue weighted by Crippen LogP contribution is 2.38. The maximum atomic E-state index is 12.5. The Morgan fingerprint density at radius 2 is 1.58 bits per heavy atom. The van der Waals surface area contributed by atoms with Crippen LogP contribution in [-0.4, -0.2) is 31.1 Å². The molecule has 0 bridgehead atoms. The zero-order valence-corrected chi connectivity index (χ0v) is 19.2. The molecule has 1 N–H and O–H groups in total. The van der Waals surface area contributed by atoms with Gasteiger partial charge in [0.1, 0.15) is 5.00 Å². The molecule has 7 heteroatoms. The lowest BCUT2D eigenvalue weighted by Crippen LogP contribution is -2.22. The number of esters is 2. The van der Waals surface area contributed by atoms with Gasteiger partial charge in [-0.3, -0.25) is 4.79 Å². The molecular formula is C26H25NO5S. The highest BCUT2D eigenvalue weighted by molar-refractivity contribution is 7.17. The summed E-state index contributed by atoms with van der Waals surface area (Å²) in [7, 11) is 0. The van der Waals surface area contributed by atoms with Gasteiger partial charge in [-0.25, -0.2) is 9.59 Å². The number of hydrogen-bond acceptors (Lipinski definition) is 6. The fraction of sp³-hybridized carbons (Fsp3) is 0.269. The lowest BCUT2D eigenvalue weighted by molar-refractivity contribution is -0.119. The summed E-state index contributed by atoms with van der Waals surface area (Å²) < 4.78 is 10.4. The van der Waals surface area contributed by atoms with Gasteiger partial charge < -0.3 is 14.8 Å². The molecule has 1 heterocycles. The van der Waals surface area contributed by atoms with Crippen molar-refractivity contribution in [2.24, 2.45) is 0 Å². The Balaban J connectivity index is 1.39. The second kappa shape index (κ2) is 10.4. The van der Waals surface area contributed by atoms with Crippen molar-refractivity contribution in [2.45, 2.75) is 32.6 Å². The van der Waals surface area contributed by atoms with Gasteiger partial charge in [0.15, 0.2) is 6.61 Å². The Kier molecular flexibility index (Phi) is 7.19. The molecule has 1 aliphatic carbocycles. The van der Waals surface area contributed by atoms with Crippen LogP contribution in [0.2, 0.25) is 0 Å². The minimum absolute atomic E-state index is 0.261. The second-order valence-corrected chi connectivity index (χ2v) is 8.81. The first-order valence-corrected chi connectivity index (χ1v) is 11.8. The summed E-state index contributed by atoms with van der Waals surface area (Å²) in [5.74, 6) is -1.50. The van der Waals surface area contributed by atoms with Gasteiger partial charge in [-0.05, 0) is 61.4 Å². The van der Waals surface area contributed by atoms with Gasteiger partial charge in [0.05, 0.1) is 17.7 Å². The number of anilines is 1. The molecular weight excluding hydrogens is 438 g/mol. The number of amides is 1. The number of carbonyl (C=O) groups is 3. The van der Waals surface area contributed by atoms with E-state index in [-0.39, 0.29) is 6.61 Å². The first kappa shape index (κ1) is 22.7. The SMILES string of the molecule is CCOC(=O)c1c(NC(=O)COC(=O)c2ccc(-c3ccccc3)cc2)sc2c1CCCC2. The van der Waals surface area contributed by atoms with Gasteiger partial charge in [0.25, 0.3) is 5.91 Å². The van der Waals surface area contributed by atoms with Gasteiger partial charge in [-0.2, -0.15) is 0 Å². The lowest BCUT2D eigenvalue weighted by atomic mass is 9.95. The number of hydrogen-bond donors (Lipinski definition) is 1. The number of aryl methyl sites for hydroxylation is 1. The molecule has 170 valence electrons. The number of fused-ring (bicyclic) bond motifs is 1. The number of nitrogens with one attached hydrogen (secondary N) is 1. The third-order valence-electron chi connectivity index (χ3n) is 5.47. The average molecular weight is 464 g/mol. The van der Waals surface area contributed by atoms with Gasteiger partial charge in [0, 0.05) is 4.88 Å². The van der Waals surface area contributed by atoms with Crippen molar-refractivity contribution in [1.29, 1.82) is 0 Å². The Labute approximate surface area is 196 Å². The molecule has 6 nitrogen and oxygen atoms in total. The van der Waals surface area contributed by atoms with Crippen molar-refractivity contribution in [3.8, 4) is 11.1 Å². The monoisotopic (exact) mass is 463 g/mol. The first-order chi connectivity index (χ1) is 16.1. The van der Waals surface area contributed by atoms with Crippen LogP contribution in [0, 0.1) is 0 Å². The number of benzene rings is 2. The van der Waals surface area contributed by atoms with Crippen molar-refractivity contribution >= 4 is 34.2 Å². The molecule has 0 radical (unpaired) electrons. The van der Waals surface area contributed by atoms with Crippen LogP contribution in [0.15, 0.2) is 54.6 Å². The standard InChI is InChI=1S/C26H25NO5S/c1-2-31-26(30)23-20-10-6-7-11-21(20)33-24(23)27-22(28)16-32-25(29)19-14-12-18(13-15-19)17-8-4-3-5-9-17/h3-5,8-9,12-15H,2,6-7,10-11,16H2,1H3,(H,27,28). The minimum atomic E-state index is -0.583. The Hall–Kier alpha value is -3.45. The highest BCUT2D eigenvalue weighted by Gasteiger charge is 2.27. The molecule has 0 spiro atoms. The van der Waals surface area contributed by atoms with Crippen molar-refractivity contribution in [3.05, 3.63) is 76.2 Å². The van der Waals surface area contributed by atoms with Crippen LogP contribution in [0.25, 0.3) is 11.1 Å². The van der Waals surface area contributed by atoms with Crippen molar-refractivity contribution in [2.75, 3.05) is 18.5 Å². The molecule has 33 heavy (non-hydrogen) atoms. The Bertz CT molecular complexity index is 1150. The molecule has 1 aromatic heterocycles. The smallest absolute Gasteiger partial charge is 0.341 e. The van der Waals surface area contributed by atoms with E-state index >= 15 is 0 Å². The summed E-state index contributed by atoms with van der Waals surface area (Å²) in [5, 5.41) is 3.21. The fourth-order valence-corrected chi connectivity index (χ4v) is 5.17. The van der Waals surface area contributed by atoms with Crippen LogP contribution < -0.4 is 5.32 Å². The number of thiophene rings is 1. The van der Waals surface area contributed by atoms with Gasteiger partial charge in [-0.1, -0.05) is 42.5 Å². The summed E-state index contributed by atoms with van der Waals surface area (Å²) in [5.41, 5.74) is 3.80. The summed E-state index contributed by atoms with van der Waals surface area (Å²) >= 11 is 1.40. The largest absolute Gasteiger partial charge is 0.462 e. The van der Waals surface area contributed by atoms with Crippen LogP contribution in [-0.2, 0) is 27.1 Å². The van der Waals surface area contributed by atoms with Gasteiger partial charge in [0.2, 0.25) is 0 Å². The molecule has 2 aromatic carbocycles. The van der Waals surface area contributed by atoms with E-state index in [0.29, 0.717) is 16.1 Å². The van der Waals surface area contributed by atoms with Crippen LogP contribution in [0.1, 0.15) is 50.9 Å². The predicted molar refractivity (Wildman–Crippen MR) is 128 cm³/mol. The van der Waals surface area contributed by atoms with Crippen LogP contribution in [0.3, 0.4) is 0 Å². The summed E-state index contributed by atoms with van der Waals surface area (Å²) in [6.45, 7) is 1.57. The zero-order valence-electron chi connectivity index (χ0n) is 18.4. The van der Waals surface area contributed by atoms with Crippen LogP contribution in [0.5, 0.6) is 0 Å². The van der Waals surface area contributed by atoms with Gasteiger partial charge >= 0.3 is 11.9 Å². The predicted octanol–water partition coefficient (Wildman–Crippen LogP) is 5.27. The third kappa shape index (κ3) is 5.31. The van der Waals surface area contributed by atoms with E-state index in [1.54, 1.807) is 19.1 Å². The van der Waals surface area contributed by atoms with E-state index in [4.69, 9.17) is 9.47 Å². The van der Waals surface area contributed by atoms with E-state index in [0.717, 1.165) is 47.3 Å². The quantitative estimate of drug-likeness (QED) is 0.483. The van der Waals surface area contributed by atoms with Gasteiger partial charge in [-0.15, -0.1) is 11.3 Å². The summed E-state index contributed by atoms with van der Waals surface area (Å²) in [6, 6.07) is 16.9. The molecule has 0 saturated carbocycles. The van der Waals surface area contributed by atoms with E-state index in [1.807, 2.05) is 42.5 Å². The molecule has 3 aromatic rings. The second-order valence-electron chi connectivity index (χ2n) is 7.70. The average Bonchev–Trinajstić information content (AvgIpc) is 3.21. The van der Waals surface area contributed by atoms with Crippen molar-refractivity contribution < 1.29 is 23.9 Å². The molecule has 0 atom stereocenters. The number of carbonyl (C=O) groups excluding carboxylic acids is 3. The molecule has 1 aliphatic rings. The number of ether oxygens (including phenoxy) is 2. The summed E-state index contributed by atoms with van der Waals surface area (Å²) in [6.07, 6.45) is 3.74. The van der Waals surface area contributed by atoms with E-state index in [1.165, 1.54) is 11.3 Å². The fourth-order valence-electron chi connectivity index (χ4n) is 3.88.